The van der Waals surface area contributed by atoms with Crippen LogP contribution in [-0.2, 0) is 0 Å². The van der Waals surface area contributed by atoms with Crippen molar-refractivity contribution >= 4 is 0 Å². The molecular weight excluding hydrogens is 147 g/mol. The lowest BCUT2D eigenvalue weighted by Crippen LogP contribution is -1.92. The highest BCUT2D eigenvalue weighted by molar-refractivity contribution is 5.27. The Morgan fingerprint density at radius 3 is 2.55 bits per heavy atom. The van der Waals surface area contributed by atoms with E-state index >= 15 is 0 Å². The van der Waals surface area contributed by atoms with Gasteiger partial charge in [-0.1, -0.05) is 13.8 Å². The highest BCUT2D eigenvalue weighted by Gasteiger charge is 2.15. The van der Waals surface area contributed by atoms with E-state index in [1.165, 1.54) is 7.11 Å². The van der Waals surface area contributed by atoms with Gasteiger partial charge in [-0.25, -0.2) is 5.10 Å². The van der Waals surface area contributed by atoms with Crippen LogP contribution < -0.4 is 4.74 Å². The summed E-state index contributed by atoms with van der Waals surface area (Å²) in [5.74, 6) is -0.109. The number of methoxy groups -OCH3 is 1. The molecule has 0 aromatic carbocycles. The molecule has 11 heavy (non-hydrogen) atoms. The number of rotatable bonds is 2. The standard InChI is InChI=1S/C7H11FN2O/c1-4(2)5-6(11-3)7(8)10-9-5/h4H,1-3H3,(H,9,10). The zero-order valence-corrected chi connectivity index (χ0v) is 6.81. The van der Waals surface area contributed by atoms with Gasteiger partial charge in [0.05, 0.1) is 7.11 Å². The van der Waals surface area contributed by atoms with Gasteiger partial charge in [0, 0.05) is 5.92 Å². The molecule has 0 unspecified atom stereocenters. The maximum Gasteiger partial charge on any atom is 0.251 e. The summed E-state index contributed by atoms with van der Waals surface area (Å²) in [7, 11) is 1.43. The van der Waals surface area contributed by atoms with Crippen molar-refractivity contribution in [2.75, 3.05) is 7.11 Å². The topological polar surface area (TPSA) is 37.9 Å². The number of aromatic nitrogens is 2. The summed E-state index contributed by atoms with van der Waals surface area (Å²) < 4.78 is 17.5. The molecule has 1 N–H and O–H groups in total. The summed E-state index contributed by atoms with van der Waals surface area (Å²) in [6.45, 7) is 3.86. The molecule has 1 heterocycles. The van der Waals surface area contributed by atoms with Gasteiger partial charge in [0.15, 0.2) is 5.75 Å². The molecule has 0 fully saturated rings. The average Bonchev–Trinajstić information content (AvgIpc) is 2.30. The minimum atomic E-state index is -0.504. The summed E-state index contributed by atoms with van der Waals surface area (Å²) in [6.07, 6.45) is 0. The van der Waals surface area contributed by atoms with Crippen LogP contribution in [0.5, 0.6) is 5.75 Å². The Labute approximate surface area is 64.6 Å². The van der Waals surface area contributed by atoms with Gasteiger partial charge in [-0.2, -0.15) is 9.49 Å². The van der Waals surface area contributed by atoms with Crippen LogP contribution in [0.1, 0.15) is 25.5 Å². The number of halogens is 1. The predicted octanol–water partition coefficient (Wildman–Crippen LogP) is 1.68. The SMILES string of the molecule is COc1c(C(C)C)n[nH]c1F. The monoisotopic (exact) mass is 158 g/mol. The number of hydrogen-bond acceptors (Lipinski definition) is 2. The van der Waals surface area contributed by atoms with E-state index in [0.717, 1.165) is 0 Å². The minimum Gasteiger partial charge on any atom is -0.490 e. The smallest absolute Gasteiger partial charge is 0.251 e. The lowest BCUT2D eigenvalue weighted by Gasteiger charge is -2.02. The van der Waals surface area contributed by atoms with E-state index in [1.54, 1.807) is 0 Å². The van der Waals surface area contributed by atoms with Gasteiger partial charge in [0.2, 0.25) is 0 Å². The molecule has 4 heteroatoms. The molecule has 0 aliphatic rings. The van der Waals surface area contributed by atoms with Crippen molar-refractivity contribution in [3.8, 4) is 5.75 Å². The highest BCUT2D eigenvalue weighted by Crippen LogP contribution is 2.25. The van der Waals surface area contributed by atoms with E-state index in [9.17, 15) is 4.39 Å². The minimum absolute atomic E-state index is 0.172. The van der Waals surface area contributed by atoms with Gasteiger partial charge >= 0.3 is 0 Å². The van der Waals surface area contributed by atoms with E-state index in [-0.39, 0.29) is 11.7 Å². The first-order valence-corrected chi connectivity index (χ1v) is 3.44. The molecular formula is C7H11FN2O. The Hall–Kier alpha value is -1.06. The summed E-state index contributed by atoms with van der Waals surface area (Å²) in [6, 6.07) is 0. The second-order valence-electron chi connectivity index (χ2n) is 2.61. The average molecular weight is 158 g/mol. The Bertz CT molecular complexity index is 245. The van der Waals surface area contributed by atoms with Crippen molar-refractivity contribution in [1.82, 2.24) is 10.2 Å². The third kappa shape index (κ3) is 1.34. The second-order valence-corrected chi connectivity index (χ2v) is 2.61. The quantitative estimate of drug-likeness (QED) is 0.711. The third-order valence-electron chi connectivity index (χ3n) is 1.46. The number of hydrogen-bond donors (Lipinski definition) is 1. The van der Waals surface area contributed by atoms with Crippen molar-refractivity contribution < 1.29 is 9.13 Å². The lowest BCUT2D eigenvalue weighted by atomic mass is 10.1. The molecule has 3 nitrogen and oxygen atoms in total. The van der Waals surface area contributed by atoms with Gasteiger partial charge in [0.1, 0.15) is 5.69 Å². The third-order valence-corrected chi connectivity index (χ3v) is 1.46. The van der Waals surface area contributed by atoms with Gasteiger partial charge in [0.25, 0.3) is 5.95 Å². The Balaban J connectivity index is 3.05. The van der Waals surface area contributed by atoms with Crippen molar-refractivity contribution in [1.29, 1.82) is 0 Å². The largest absolute Gasteiger partial charge is 0.490 e. The van der Waals surface area contributed by atoms with Crippen LogP contribution in [0, 0.1) is 5.95 Å². The first-order valence-electron chi connectivity index (χ1n) is 3.44. The van der Waals surface area contributed by atoms with E-state index in [1.807, 2.05) is 13.8 Å². The summed E-state index contributed by atoms with van der Waals surface area (Å²) in [4.78, 5) is 0. The first kappa shape index (κ1) is 8.04. The molecule has 0 radical (unpaired) electrons. The molecule has 0 spiro atoms. The molecule has 0 saturated heterocycles. The number of nitrogens with zero attached hydrogens (tertiary/aromatic N) is 1. The number of nitrogens with one attached hydrogen (secondary N) is 1. The number of ether oxygens (including phenoxy) is 1. The second kappa shape index (κ2) is 2.90. The summed E-state index contributed by atoms with van der Waals surface area (Å²) >= 11 is 0. The molecule has 62 valence electrons. The molecule has 1 aromatic rings. The fraction of sp³-hybridized carbons (Fsp3) is 0.571. The van der Waals surface area contributed by atoms with Crippen LogP contribution >= 0.6 is 0 Å². The zero-order chi connectivity index (χ0) is 8.43. The highest BCUT2D eigenvalue weighted by atomic mass is 19.1. The van der Waals surface area contributed by atoms with E-state index in [2.05, 4.69) is 10.2 Å². The lowest BCUT2D eigenvalue weighted by molar-refractivity contribution is 0.378. The predicted molar refractivity (Wildman–Crippen MR) is 39.2 cm³/mol. The summed E-state index contributed by atoms with van der Waals surface area (Å²) in [5.41, 5.74) is 0.630. The van der Waals surface area contributed by atoms with Crippen LogP contribution in [-0.4, -0.2) is 17.3 Å². The maximum absolute atomic E-state index is 12.7. The Kier molecular flexibility index (Phi) is 2.12. The summed E-state index contributed by atoms with van der Waals surface area (Å²) in [5, 5.41) is 5.99. The zero-order valence-electron chi connectivity index (χ0n) is 6.81. The normalized spacial score (nSPS) is 10.6. The van der Waals surface area contributed by atoms with Crippen LogP contribution in [0.4, 0.5) is 4.39 Å². The molecule has 1 aromatic heterocycles. The van der Waals surface area contributed by atoms with Crippen LogP contribution in [0.25, 0.3) is 0 Å². The van der Waals surface area contributed by atoms with Gasteiger partial charge in [-0.05, 0) is 0 Å². The van der Waals surface area contributed by atoms with Crippen LogP contribution in [0.15, 0.2) is 0 Å². The van der Waals surface area contributed by atoms with E-state index in [4.69, 9.17) is 4.74 Å². The van der Waals surface area contributed by atoms with Gasteiger partial charge in [-0.15, -0.1) is 0 Å². The molecule has 0 bridgehead atoms. The fourth-order valence-corrected chi connectivity index (χ4v) is 0.909. The molecule has 0 aliphatic carbocycles. The molecule has 0 saturated carbocycles. The molecule has 0 atom stereocenters. The van der Waals surface area contributed by atoms with Crippen molar-refractivity contribution in [2.24, 2.45) is 0 Å². The maximum atomic E-state index is 12.7. The van der Waals surface area contributed by atoms with Gasteiger partial charge in [-0.3, -0.25) is 0 Å². The number of H-pyrrole nitrogens is 1. The van der Waals surface area contributed by atoms with Crippen molar-refractivity contribution in [3.05, 3.63) is 11.6 Å². The fourth-order valence-electron chi connectivity index (χ4n) is 0.909. The van der Waals surface area contributed by atoms with Crippen molar-refractivity contribution in [3.63, 3.8) is 0 Å². The Morgan fingerprint density at radius 2 is 2.18 bits per heavy atom. The van der Waals surface area contributed by atoms with E-state index < -0.39 is 5.95 Å². The van der Waals surface area contributed by atoms with E-state index in [0.29, 0.717) is 5.69 Å². The molecule has 1 rings (SSSR count). The molecule has 0 aliphatic heterocycles. The Morgan fingerprint density at radius 1 is 1.55 bits per heavy atom. The first-order chi connectivity index (χ1) is 5.16. The van der Waals surface area contributed by atoms with Gasteiger partial charge < -0.3 is 4.74 Å². The van der Waals surface area contributed by atoms with Crippen LogP contribution in [0.3, 0.4) is 0 Å². The number of aromatic amines is 1. The molecule has 0 amide bonds. The van der Waals surface area contributed by atoms with Crippen molar-refractivity contribution in [2.45, 2.75) is 19.8 Å². The van der Waals surface area contributed by atoms with Crippen LogP contribution in [0.2, 0.25) is 0 Å².